The van der Waals surface area contributed by atoms with E-state index in [9.17, 15) is 9.59 Å². The number of piperidine rings is 1. The minimum absolute atomic E-state index is 0.0318. The number of carbonyl (C=O) groups excluding carboxylic acids is 2. The summed E-state index contributed by atoms with van der Waals surface area (Å²) in [6.07, 6.45) is 8.71. The Morgan fingerprint density at radius 2 is 1.76 bits per heavy atom. The van der Waals surface area contributed by atoms with Gasteiger partial charge >= 0.3 is 0 Å². The van der Waals surface area contributed by atoms with Gasteiger partial charge in [-0.25, -0.2) is 0 Å². The van der Waals surface area contributed by atoms with E-state index in [0.717, 1.165) is 42.5 Å². The highest BCUT2D eigenvalue weighted by atomic mass is 16.5. The zero-order chi connectivity index (χ0) is 25.8. The molecule has 0 radical (unpaired) electrons. The first kappa shape index (κ1) is 24.8. The van der Waals surface area contributed by atoms with Crippen molar-refractivity contribution >= 4 is 11.8 Å². The number of aromatic nitrogens is 3. The smallest absolute Gasteiger partial charge is 0.272 e. The molecule has 9 nitrogen and oxygen atoms in total. The highest BCUT2D eigenvalue weighted by molar-refractivity contribution is 5.94. The zero-order valence-corrected chi connectivity index (χ0v) is 21.4. The molecule has 3 heterocycles. The molecule has 194 valence electrons. The number of amides is 2. The van der Waals surface area contributed by atoms with E-state index in [1.165, 1.54) is 0 Å². The van der Waals surface area contributed by atoms with Gasteiger partial charge in [-0.05, 0) is 55.2 Å². The number of hydrogen-bond acceptors (Lipinski definition) is 6. The molecule has 0 unspecified atom stereocenters. The summed E-state index contributed by atoms with van der Waals surface area (Å²) in [5, 5.41) is 7.82. The van der Waals surface area contributed by atoms with Crippen LogP contribution in [0.4, 0.5) is 0 Å². The molecule has 3 aromatic rings. The highest BCUT2D eigenvalue weighted by Gasteiger charge is 2.30. The maximum Gasteiger partial charge on any atom is 0.272 e. The van der Waals surface area contributed by atoms with Crippen LogP contribution in [0.25, 0.3) is 11.3 Å². The number of nitrogens with zero attached hydrogens (tertiary/aromatic N) is 4. The number of methoxy groups -OCH3 is 2. The molecule has 1 saturated heterocycles. The van der Waals surface area contributed by atoms with Crippen LogP contribution in [0.15, 0.2) is 48.8 Å². The van der Waals surface area contributed by atoms with Crippen molar-refractivity contribution in [2.75, 3.05) is 20.8 Å². The van der Waals surface area contributed by atoms with Crippen LogP contribution in [0.5, 0.6) is 11.5 Å². The number of hydrogen-bond donors (Lipinski definition) is 1. The quantitative estimate of drug-likeness (QED) is 0.499. The summed E-state index contributed by atoms with van der Waals surface area (Å²) in [5.74, 6) is 1.09. The largest absolute Gasteiger partial charge is 0.496 e. The fraction of sp³-hybridized carbons (Fsp3) is 0.429. The van der Waals surface area contributed by atoms with E-state index in [0.29, 0.717) is 36.7 Å². The number of pyridine rings is 1. The summed E-state index contributed by atoms with van der Waals surface area (Å²) in [4.78, 5) is 32.0. The lowest BCUT2D eigenvalue weighted by atomic mass is 10.0. The summed E-state index contributed by atoms with van der Waals surface area (Å²) in [6.45, 7) is 1.14. The Labute approximate surface area is 216 Å². The molecule has 0 bridgehead atoms. The van der Waals surface area contributed by atoms with E-state index >= 15 is 0 Å². The number of rotatable bonds is 8. The number of nitrogens with one attached hydrogen (secondary N) is 1. The lowest BCUT2D eigenvalue weighted by Gasteiger charge is -2.32. The van der Waals surface area contributed by atoms with Crippen molar-refractivity contribution in [1.82, 2.24) is 25.0 Å². The average Bonchev–Trinajstić information content (AvgIpc) is 3.61. The molecule has 0 spiro atoms. The SMILES string of the molecule is COc1cccc(OC)c1-c1cc(C(=O)N[C@H]2CCN(Cc3ccncc3)C(=O)C2)nn1C1CCCC1. The maximum absolute atomic E-state index is 13.3. The summed E-state index contributed by atoms with van der Waals surface area (Å²) < 4.78 is 13.3. The lowest BCUT2D eigenvalue weighted by Crippen LogP contribution is -2.47. The van der Waals surface area contributed by atoms with Crippen molar-refractivity contribution in [2.24, 2.45) is 0 Å². The van der Waals surface area contributed by atoms with Crippen LogP contribution in [-0.2, 0) is 11.3 Å². The van der Waals surface area contributed by atoms with Gasteiger partial charge in [-0.3, -0.25) is 19.3 Å². The molecular formula is C28H33N5O4. The second-order valence-electron chi connectivity index (χ2n) is 9.67. The van der Waals surface area contributed by atoms with Gasteiger partial charge in [0.25, 0.3) is 5.91 Å². The standard InChI is InChI=1S/C28H33N5O4/c1-36-24-8-5-9-25(37-2)27(24)23-17-22(31-33(23)21-6-3-4-7-21)28(35)30-20-12-15-32(26(34)16-20)18-19-10-13-29-14-11-19/h5,8-11,13-14,17,20-21H,3-4,6-7,12,15-16,18H2,1-2H3,(H,30,35)/t20-/m0/s1. The lowest BCUT2D eigenvalue weighted by molar-refractivity contribution is -0.134. The molecule has 2 aromatic heterocycles. The highest BCUT2D eigenvalue weighted by Crippen LogP contribution is 2.41. The Balaban J connectivity index is 1.35. The van der Waals surface area contributed by atoms with Crippen LogP contribution in [-0.4, -0.2) is 58.3 Å². The van der Waals surface area contributed by atoms with Crippen molar-refractivity contribution in [3.8, 4) is 22.8 Å². The molecule has 2 aliphatic rings. The minimum Gasteiger partial charge on any atom is -0.496 e. The molecule has 1 atom stereocenters. The van der Waals surface area contributed by atoms with Gasteiger partial charge in [0.05, 0.1) is 31.5 Å². The first-order valence-electron chi connectivity index (χ1n) is 12.9. The van der Waals surface area contributed by atoms with Crippen LogP contribution in [0.3, 0.4) is 0 Å². The molecule has 2 fully saturated rings. The van der Waals surface area contributed by atoms with Crippen LogP contribution >= 0.6 is 0 Å². The van der Waals surface area contributed by atoms with Crippen molar-refractivity contribution < 1.29 is 19.1 Å². The summed E-state index contributed by atoms with van der Waals surface area (Å²) >= 11 is 0. The zero-order valence-electron chi connectivity index (χ0n) is 21.4. The van der Waals surface area contributed by atoms with Crippen LogP contribution in [0.2, 0.25) is 0 Å². The molecule has 9 heteroatoms. The topological polar surface area (TPSA) is 98.6 Å². The van der Waals surface area contributed by atoms with Gasteiger partial charge in [0.2, 0.25) is 5.91 Å². The Morgan fingerprint density at radius 1 is 1.05 bits per heavy atom. The van der Waals surface area contributed by atoms with Crippen molar-refractivity contribution in [1.29, 1.82) is 0 Å². The molecule has 1 N–H and O–H groups in total. The fourth-order valence-corrected chi connectivity index (χ4v) is 5.36. The summed E-state index contributed by atoms with van der Waals surface area (Å²) in [6, 6.07) is 11.3. The van der Waals surface area contributed by atoms with Crippen LogP contribution < -0.4 is 14.8 Å². The van der Waals surface area contributed by atoms with Gasteiger partial charge in [0.15, 0.2) is 5.69 Å². The van der Waals surface area contributed by atoms with Gasteiger partial charge in [-0.15, -0.1) is 0 Å². The molecule has 1 aliphatic heterocycles. The molecule has 5 rings (SSSR count). The summed E-state index contributed by atoms with van der Waals surface area (Å²) in [7, 11) is 3.25. The van der Waals surface area contributed by atoms with Gasteiger partial charge in [-0.1, -0.05) is 18.9 Å². The van der Waals surface area contributed by atoms with E-state index in [1.54, 1.807) is 26.6 Å². The molecule has 1 aliphatic carbocycles. The van der Waals surface area contributed by atoms with E-state index in [4.69, 9.17) is 14.6 Å². The Bertz CT molecular complexity index is 1230. The van der Waals surface area contributed by atoms with E-state index in [-0.39, 0.29) is 30.3 Å². The number of ether oxygens (including phenoxy) is 2. The third kappa shape index (κ3) is 5.30. The second kappa shape index (κ2) is 11.0. The number of carbonyl (C=O) groups is 2. The second-order valence-corrected chi connectivity index (χ2v) is 9.67. The predicted molar refractivity (Wildman–Crippen MR) is 138 cm³/mol. The fourth-order valence-electron chi connectivity index (χ4n) is 5.36. The third-order valence-corrected chi connectivity index (χ3v) is 7.30. The van der Waals surface area contributed by atoms with Crippen molar-refractivity contribution in [2.45, 2.75) is 57.2 Å². The normalized spacial score (nSPS) is 18.2. The Morgan fingerprint density at radius 3 is 2.41 bits per heavy atom. The Kier molecular flexibility index (Phi) is 7.39. The van der Waals surface area contributed by atoms with Gasteiger partial charge < -0.3 is 19.7 Å². The molecule has 1 aromatic carbocycles. The third-order valence-electron chi connectivity index (χ3n) is 7.30. The van der Waals surface area contributed by atoms with Gasteiger partial charge in [0, 0.05) is 37.9 Å². The molecule has 1 saturated carbocycles. The van der Waals surface area contributed by atoms with Gasteiger partial charge in [0.1, 0.15) is 11.5 Å². The monoisotopic (exact) mass is 503 g/mol. The molecule has 37 heavy (non-hydrogen) atoms. The molecule has 2 amide bonds. The van der Waals surface area contributed by atoms with Crippen molar-refractivity contribution in [3.63, 3.8) is 0 Å². The predicted octanol–water partition coefficient (Wildman–Crippen LogP) is 4.00. The van der Waals surface area contributed by atoms with E-state index in [2.05, 4.69) is 10.3 Å². The minimum atomic E-state index is -0.271. The van der Waals surface area contributed by atoms with E-state index < -0.39 is 0 Å². The first-order valence-corrected chi connectivity index (χ1v) is 12.9. The van der Waals surface area contributed by atoms with Crippen molar-refractivity contribution in [3.05, 3.63) is 60.0 Å². The van der Waals surface area contributed by atoms with Crippen LogP contribution in [0, 0.1) is 0 Å². The average molecular weight is 504 g/mol. The number of likely N-dealkylation sites (tertiary alicyclic amines) is 1. The summed E-state index contributed by atoms with van der Waals surface area (Å²) in [5.41, 5.74) is 2.96. The van der Waals surface area contributed by atoms with E-state index in [1.807, 2.05) is 46.0 Å². The van der Waals surface area contributed by atoms with Crippen LogP contribution in [0.1, 0.15) is 60.6 Å². The van der Waals surface area contributed by atoms with Gasteiger partial charge in [-0.2, -0.15) is 5.10 Å². The Hall–Kier alpha value is -3.88. The molecular weight excluding hydrogens is 470 g/mol. The first-order chi connectivity index (χ1) is 18.1. The number of benzene rings is 1. The maximum atomic E-state index is 13.3.